The molecular formula is C28H41N5O. The van der Waals surface area contributed by atoms with Crippen molar-refractivity contribution in [2.45, 2.75) is 76.5 Å². The van der Waals surface area contributed by atoms with Gasteiger partial charge in [0.15, 0.2) is 0 Å². The molecular weight excluding hydrogens is 422 g/mol. The van der Waals surface area contributed by atoms with E-state index < -0.39 is 0 Å². The molecule has 2 fully saturated rings. The van der Waals surface area contributed by atoms with Crippen molar-refractivity contribution in [3.63, 3.8) is 0 Å². The summed E-state index contributed by atoms with van der Waals surface area (Å²) in [5, 5.41) is 3.47. The molecule has 0 saturated carbocycles. The highest BCUT2D eigenvalue weighted by Gasteiger charge is 2.36. The van der Waals surface area contributed by atoms with Gasteiger partial charge in [-0.2, -0.15) is 0 Å². The van der Waals surface area contributed by atoms with Crippen molar-refractivity contribution in [2.24, 2.45) is 0 Å². The van der Waals surface area contributed by atoms with Gasteiger partial charge in [0.2, 0.25) is 0 Å². The van der Waals surface area contributed by atoms with Crippen LogP contribution in [-0.4, -0.2) is 67.4 Å². The molecule has 0 aromatic carbocycles. The van der Waals surface area contributed by atoms with E-state index in [-0.39, 0.29) is 0 Å². The molecule has 1 aliphatic carbocycles. The molecule has 34 heavy (non-hydrogen) atoms. The first kappa shape index (κ1) is 23.7. The molecule has 2 unspecified atom stereocenters. The minimum Gasteiger partial charge on any atom is -0.373 e. The predicted octanol–water partition coefficient (Wildman–Crippen LogP) is 4.06. The Morgan fingerprint density at radius 1 is 1.18 bits per heavy atom. The van der Waals surface area contributed by atoms with Crippen molar-refractivity contribution in [1.82, 2.24) is 20.2 Å². The lowest BCUT2D eigenvalue weighted by Gasteiger charge is -2.38. The molecule has 3 aliphatic rings. The first-order chi connectivity index (χ1) is 16.4. The summed E-state index contributed by atoms with van der Waals surface area (Å²) in [7, 11) is 4.38. The maximum atomic E-state index is 5.94. The highest BCUT2D eigenvalue weighted by Crippen LogP contribution is 2.36. The maximum Gasteiger partial charge on any atom is 0.0915 e. The number of anilines is 1. The molecule has 0 amide bonds. The van der Waals surface area contributed by atoms with Crippen molar-refractivity contribution in [3.8, 4) is 0 Å². The zero-order valence-electron chi connectivity index (χ0n) is 21.6. The molecule has 5 rings (SSSR count). The average molecular weight is 464 g/mol. The Kier molecular flexibility index (Phi) is 6.92. The molecule has 184 valence electrons. The quantitative estimate of drug-likeness (QED) is 0.697. The Morgan fingerprint density at radius 3 is 2.76 bits per heavy atom. The van der Waals surface area contributed by atoms with Crippen LogP contribution in [0.5, 0.6) is 0 Å². The predicted molar refractivity (Wildman–Crippen MR) is 138 cm³/mol. The summed E-state index contributed by atoms with van der Waals surface area (Å²) in [5.41, 5.74) is 7.91. The number of nitrogens with zero attached hydrogens (tertiary/aromatic N) is 4. The largest absolute Gasteiger partial charge is 0.373 e. The van der Waals surface area contributed by atoms with Gasteiger partial charge in [-0.1, -0.05) is 20.8 Å². The van der Waals surface area contributed by atoms with Crippen LogP contribution in [-0.2, 0) is 17.6 Å². The molecule has 4 atom stereocenters. The van der Waals surface area contributed by atoms with Gasteiger partial charge in [-0.15, -0.1) is 0 Å². The number of hydrogen-bond donors (Lipinski definition) is 1. The van der Waals surface area contributed by atoms with Crippen LogP contribution in [0.4, 0.5) is 5.69 Å². The van der Waals surface area contributed by atoms with Gasteiger partial charge in [-0.05, 0) is 75.0 Å². The van der Waals surface area contributed by atoms with Crippen LogP contribution in [0.1, 0.15) is 79.7 Å². The molecule has 6 heteroatoms. The van der Waals surface area contributed by atoms with Crippen LogP contribution in [0.25, 0.3) is 0 Å². The number of aromatic nitrogens is 2. The zero-order chi connectivity index (χ0) is 23.8. The number of nitrogens with one attached hydrogen (secondary N) is 1. The van der Waals surface area contributed by atoms with E-state index in [4.69, 9.17) is 14.7 Å². The number of rotatable bonds is 6. The summed E-state index contributed by atoms with van der Waals surface area (Å²) in [6.45, 7) is 10.5. The van der Waals surface area contributed by atoms with Crippen molar-refractivity contribution in [1.29, 1.82) is 0 Å². The number of ether oxygens (including phenoxy) is 1. The van der Waals surface area contributed by atoms with Gasteiger partial charge in [-0.25, -0.2) is 0 Å². The molecule has 0 radical (unpaired) electrons. The fourth-order valence-electron chi connectivity index (χ4n) is 6.03. The van der Waals surface area contributed by atoms with Crippen LogP contribution < -0.4 is 10.2 Å². The summed E-state index contributed by atoms with van der Waals surface area (Å²) in [6.07, 6.45) is 6.98. The molecule has 2 saturated heterocycles. The minimum absolute atomic E-state index is 0.298. The third-order valence-corrected chi connectivity index (χ3v) is 8.03. The first-order valence-electron chi connectivity index (χ1n) is 13.2. The Bertz CT molecular complexity index is 989. The fourth-order valence-corrected chi connectivity index (χ4v) is 6.03. The SMILES string of the molecule is CC(C)c1cc(CC(C)c2ccc(N3CCO[C@H]4CNC[C@H]43)cn2)c2c(n1)C(N(C)C)CCC2. The molecule has 2 aromatic heterocycles. The molecule has 0 bridgehead atoms. The fraction of sp³-hybridized carbons (Fsp3) is 0.643. The zero-order valence-corrected chi connectivity index (χ0v) is 21.6. The molecule has 2 aromatic rings. The van der Waals surface area contributed by atoms with Crippen LogP contribution in [0, 0.1) is 0 Å². The number of fused-ring (bicyclic) bond motifs is 2. The Morgan fingerprint density at radius 2 is 2.03 bits per heavy atom. The normalized spacial score (nSPS) is 25.5. The molecule has 4 heterocycles. The third kappa shape index (κ3) is 4.60. The Balaban J connectivity index is 1.37. The van der Waals surface area contributed by atoms with Gasteiger partial charge in [-0.3, -0.25) is 9.97 Å². The van der Waals surface area contributed by atoms with Gasteiger partial charge in [0, 0.05) is 36.9 Å². The van der Waals surface area contributed by atoms with E-state index in [2.05, 4.69) is 74.4 Å². The van der Waals surface area contributed by atoms with E-state index in [9.17, 15) is 0 Å². The lowest BCUT2D eigenvalue weighted by Crippen LogP contribution is -2.51. The second kappa shape index (κ2) is 9.92. The minimum atomic E-state index is 0.298. The van der Waals surface area contributed by atoms with E-state index in [1.165, 1.54) is 46.7 Å². The van der Waals surface area contributed by atoms with Crippen LogP contribution >= 0.6 is 0 Å². The molecule has 6 nitrogen and oxygen atoms in total. The highest BCUT2D eigenvalue weighted by atomic mass is 16.5. The summed E-state index contributed by atoms with van der Waals surface area (Å²) >= 11 is 0. The third-order valence-electron chi connectivity index (χ3n) is 8.03. The van der Waals surface area contributed by atoms with E-state index in [0.29, 0.717) is 30.0 Å². The van der Waals surface area contributed by atoms with Crippen LogP contribution in [0.15, 0.2) is 24.4 Å². The van der Waals surface area contributed by atoms with Gasteiger partial charge in [0.25, 0.3) is 0 Å². The van der Waals surface area contributed by atoms with E-state index in [1.54, 1.807) is 0 Å². The topological polar surface area (TPSA) is 53.5 Å². The van der Waals surface area contributed by atoms with E-state index >= 15 is 0 Å². The monoisotopic (exact) mass is 463 g/mol. The van der Waals surface area contributed by atoms with Crippen molar-refractivity contribution in [2.75, 3.05) is 45.2 Å². The van der Waals surface area contributed by atoms with Crippen LogP contribution in [0.3, 0.4) is 0 Å². The smallest absolute Gasteiger partial charge is 0.0915 e. The molecule has 2 aliphatic heterocycles. The second-order valence-corrected chi connectivity index (χ2v) is 11.0. The van der Waals surface area contributed by atoms with Crippen molar-refractivity contribution >= 4 is 5.69 Å². The van der Waals surface area contributed by atoms with Gasteiger partial charge in [0.1, 0.15) is 0 Å². The van der Waals surface area contributed by atoms with E-state index in [0.717, 1.165) is 39.1 Å². The Hall–Kier alpha value is -2.02. The van der Waals surface area contributed by atoms with E-state index in [1.807, 2.05) is 0 Å². The summed E-state index contributed by atoms with van der Waals surface area (Å²) in [5.74, 6) is 0.801. The van der Waals surface area contributed by atoms with Gasteiger partial charge in [0.05, 0.1) is 42.4 Å². The maximum absolute atomic E-state index is 5.94. The van der Waals surface area contributed by atoms with Gasteiger partial charge >= 0.3 is 0 Å². The average Bonchev–Trinajstić information content (AvgIpc) is 3.32. The lowest BCUT2D eigenvalue weighted by atomic mass is 9.84. The van der Waals surface area contributed by atoms with Crippen molar-refractivity contribution < 1.29 is 4.74 Å². The molecule has 0 spiro atoms. The number of morpholine rings is 1. The standard InChI is InChI=1S/C28H41N5O/c1-18(2)24-14-20(22-7-6-8-25(32(4)5)28(22)31-24)13-19(3)23-10-9-21(15-30-23)33-11-12-34-27-17-29-16-26(27)33/h9-10,14-15,18-19,25-27,29H,6-8,11-13,16-17H2,1-5H3/t19?,25?,26-,27+/m1/s1. The van der Waals surface area contributed by atoms with Crippen LogP contribution in [0.2, 0.25) is 0 Å². The lowest BCUT2D eigenvalue weighted by molar-refractivity contribution is 0.0349. The second-order valence-electron chi connectivity index (χ2n) is 11.0. The highest BCUT2D eigenvalue weighted by molar-refractivity contribution is 5.48. The molecule has 1 N–H and O–H groups in total. The van der Waals surface area contributed by atoms with Crippen molar-refractivity contribution in [3.05, 3.63) is 52.6 Å². The number of pyridine rings is 2. The number of hydrogen-bond acceptors (Lipinski definition) is 6. The summed E-state index contributed by atoms with van der Waals surface area (Å²) in [6, 6.07) is 7.74. The first-order valence-corrected chi connectivity index (χ1v) is 13.2. The summed E-state index contributed by atoms with van der Waals surface area (Å²) in [4.78, 5) is 14.9. The van der Waals surface area contributed by atoms with Gasteiger partial charge < -0.3 is 19.9 Å². The summed E-state index contributed by atoms with van der Waals surface area (Å²) < 4.78 is 5.94. The Labute approximate surface area is 205 Å².